The molecule has 1 fully saturated rings. The standard InChI is InChI=1S/C15H16N4OS/c20-14-13-10(15(19-14)5-2-1-3-6-15)8-12(21-13)18-11-4-7-16-9-17-11/h4,7-9H,1-3,5-6H2,(H,19,20)(H,16,17,18). The first kappa shape index (κ1) is 12.8. The molecule has 0 aromatic carbocycles. The number of carbonyl (C=O) groups excluding carboxylic acids is 1. The largest absolute Gasteiger partial charge is 0.342 e. The zero-order chi connectivity index (χ0) is 14.3. The fourth-order valence-corrected chi connectivity index (χ4v) is 4.42. The monoisotopic (exact) mass is 300 g/mol. The van der Waals surface area contributed by atoms with Gasteiger partial charge in [-0.15, -0.1) is 11.3 Å². The number of carbonyl (C=O) groups is 1. The van der Waals surface area contributed by atoms with Crippen LogP contribution in [-0.4, -0.2) is 15.9 Å². The van der Waals surface area contributed by atoms with Gasteiger partial charge in [0, 0.05) is 11.8 Å². The third-order valence-corrected chi connectivity index (χ3v) is 5.40. The Morgan fingerprint density at radius 2 is 2.14 bits per heavy atom. The molecule has 1 aliphatic heterocycles. The third kappa shape index (κ3) is 2.10. The van der Waals surface area contributed by atoms with E-state index in [2.05, 4.69) is 26.7 Å². The van der Waals surface area contributed by atoms with E-state index in [0.717, 1.165) is 28.5 Å². The summed E-state index contributed by atoms with van der Waals surface area (Å²) in [6.45, 7) is 0. The number of aromatic nitrogens is 2. The predicted molar refractivity (Wildman–Crippen MR) is 81.9 cm³/mol. The average molecular weight is 300 g/mol. The maximum absolute atomic E-state index is 12.3. The molecule has 108 valence electrons. The van der Waals surface area contributed by atoms with E-state index in [1.54, 1.807) is 6.20 Å². The normalized spacial score (nSPS) is 19.3. The fraction of sp³-hybridized carbons (Fsp3) is 0.400. The Balaban J connectivity index is 1.67. The molecule has 21 heavy (non-hydrogen) atoms. The molecule has 2 aromatic heterocycles. The van der Waals surface area contributed by atoms with Crippen LogP contribution >= 0.6 is 11.3 Å². The van der Waals surface area contributed by atoms with Crippen molar-refractivity contribution in [3.63, 3.8) is 0 Å². The summed E-state index contributed by atoms with van der Waals surface area (Å²) in [5, 5.41) is 7.46. The van der Waals surface area contributed by atoms with Gasteiger partial charge in [0.25, 0.3) is 5.91 Å². The van der Waals surface area contributed by atoms with E-state index in [-0.39, 0.29) is 11.4 Å². The van der Waals surface area contributed by atoms with Crippen LogP contribution in [0, 0.1) is 0 Å². The molecule has 4 rings (SSSR count). The second kappa shape index (κ2) is 4.80. The van der Waals surface area contributed by atoms with Crippen LogP contribution in [0.15, 0.2) is 24.7 Å². The third-order valence-electron chi connectivity index (χ3n) is 4.35. The Morgan fingerprint density at radius 1 is 1.29 bits per heavy atom. The zero-order valence-electron chi connectivity index (χ0n) is 11.6. The molecule has 1 spiro atoms. The van der Waals surface area contributed by atoms with E-state index in [0.29, 0.717) is 0 Å². The lowest BCUT2D eigenvalue weighted by atomic mass is 9.78. The van der Waals surface area contributed by atoms with Gasteiger partial charge < -0.3 is 10.6 Å². The van der Waals surface area contributed by atoms with Crippen LogP contribution in [0.2, 0.25) is 0 Å². The lowest BCUT2D eigenvalue weighted by Crippen LogP contribution is -2.40. The summed E-state index contributed by atoms with van der Waals surface area (Å²) in [7, 11) is 0. The summed E-state index contributed by atoms with van der Waals surface area (Å²) in [5.74, 6) is 0.829. The maximum Gasteiger partial charge on any atom is 0.262 e. The van der Waals surface area contributed by atoms with Gasteiger partial charge in [0.1, 0.15) is 12.1 Å². The molecule has 6 heteroatoms. The van der Waals surface area contributed by atoms with Crippen LogP contribution in [0.4, 0.5) is 10.8 Å². The highest BCUT2D eigenvalue weighted by Crippen LogP contribution is 2.47. The molecule has 0 atom stereocenters. The Hall–Kier alpha value is -1.95. The summed E-state index contributed by atoms with van der Waals surface area (Å²) in [6.07, 6.45) is 8.95. The molecular weight excluding hydrogens is 284 g/mol. The van der Waals surface area contributed by atoms with Crippen LogP contribution in [0.3, 0.4) is 0 Å². The minimum Gasteiger partial charge on any atom is -0.342 e. The van der Waals surface area contributed by atoms with E-state index in [1.807, 2.05) is 6.07 Å². The number of nitrogens with one attached hydrogen (secondary N) is 2. The molecule has 1 amide bonds. The van der Waals surface area contributed by atoms with Gasteiger partial charge in [-0.2, -0.15) is 0 Å². The van der Waals surface area contributed by atoms with Crippen LogP contribution in [0.5, 0.6) is 0 Å². The minimum atomic E-state index is -0.118. The summed E-state index contributed by atoms with van der Waals surface area (Å²) in [4.78, 5) is 21.2. The number of amides is 1. The Labute approximate surface area is 126 Å². The van der Waals surface area contributed by atoms with Crippen molar-refractivity contribution < 1.29 is 4.79 Å². The van der Waals surface area contributed by atoms with Gasteiger partial charge in [0.05, 0.1) is 15.4 Å². The molecular formula is C15H16N4OS. The molecule has 0 bridgehead atoms. The van der Waals surface area contributed by atoms with E-state index < -0.39 is 0 Å². The first-order chi connectivity index (χ1) is 10.3. The number of thiophene rings is 1. The van der Waals surface area contributed by atoms with Gasteiger partial charge in [0.15, 0.2) is 0 Å². The number of nitrogens with zero attached hydrogens (tertiary/aromatic N) is 2. The van der Waals surface area contributed by atoms with Gasteiger partial charge in [0.2, 0.25) is 0 Å². The fourth-order valence-electron chi connectivity index (χ4n) is 3.36. The highest BCUT2D eigenvalue weighted by Gasteiger charge is 2.44. The lowest BCUT2D eigenvalue weighted by molar-refractivity contribution is 0.0912. The van der Waals surface area contributed by atoms with Gasteiger partial charge >= 0.3 is 0 Å². The molecule has 5 nitrogen and oxygen atoms in total. The van der Waals surface area contributed by atoms with Crippen molar-refractivity contribution >= 4 is 28.1 Å². The second-order valence-corrected chi connectivity index (χ2v) is 6.72. The molecule has 0 radical (unpaired) electrons. The average Bonchev–Trinajstić information content (AvgIpc) is 3.02. The van der Waals surface area contributed by atoms with Crippen molar-refractivity contribution in [1.29, 1.82) is 0 Å². The van der Waals surface area contributed by atoms with Crippen molar-refractivity contribution in [3.8, 4) is 0 Å². The molecule has 2 N–H and O–H groups in total. The topological polar surface area (TPSA) is 66.9 Å². The van der Waals surface area contributed by atoms with Crippen molar-refractivity contribution in [2.75, 3.05) is 5.32 Å². The van der Waals surface area contributed by atoms with Crippen LogP contribution < -0.4 is 10.6 Å². The van der Waals surface area contributed by atoms with Crippen LogP contribution in [0.1, 0.15) is 47.3 Å². The highest BCUT2D eigenvalue weighted by molar-refractivity contribution is 7.18. The van der Waals surface area contributed by atoms with Crippen molar-refractivity contribution in [1.82, 2.24) is 15.3 Å². The van der Waals surface area contributed by atoms with E-state index in [4.69, 9.17) is 0 Å². The molecule has 1 aliphatic carbocycles. The van der Waals surface area contributed by atoms with Crippen LogP contribution in [0.25, 0.3) is 0 Å². The lowest BCUT2D eigenvalue weighted by Gasteiger charge is -2.33. The van der Waals surface area contributed by atoms with E-state index in [1.165, 1.54) is 42.5 Å². The summed E-state index contributed by atoms with van der Waals surface area (Å²) < 4.78 is 0. The summed E-state index contributed by atoms with van der Waals surface area (Å²) >= 11 is 1.51. The molecule has 1 saturated carbocycles. The summed E-state index contributed by atoms with van der Waals surface area (Å²) in [5.41, 5.74) is 1.06. The number of anilines is 2. The maximum atomic E-state index is 12.3. The Morgan fingerprint density at radius 3 is 2.90 bits per heavy atom. The SMILES string of the molecule is O=C1NC2(CCCCC2)c2cc(Nc3ccncn3)sc21. The molecule has 0 saturated heterocycles. The molecule has 0 unspecified atom stereocenters. The second-order valence-electron chi connectivity index (χ2n) is 5.67. The van der Waals surface area contributed by atoms with Gasteiger partial charge in [-0.25, -0.2) is 9.97 Å². The van der Waals surface area contributed by atoms with Crippen molar-refractivity contribution in [3.05, 3.63) is 35.1 Å². The molecule has 3 heterocycles. The van der Waals surface area contributed by atoms with Gasteiger partial charge in [-0.1, -0.05) is 19.3 Å². The Bertz CT molecular complexity index is 676. The van der Waals surface area contributed by atoms with E-state index >= 15 is 0 Å². The first-order valence-corrected chi connectivity index (χ1v) is 8.08. The number of rotatable bonds is 2. The predicted octanol–water partition coefficient (Wildman–Crippen LogP) is 3.18. The first-order valence-electron chi connectivity index (χ1n) is 7.27. The number of hydrogen-bond acceptors (Lipinski definition) is 5. The van der Waals surface area contributed by atoms with E-state index in [9.17, 15) is 4.79 Å². The Kier molecular flexibility index (Phi) is 2.92. The molecule has 2 aliphatic rings. The van der Waals surface area contributed by atoms with Gasteiger partial charge in [-0.05, 0) is 25.0 Å². The number of hydrogen-bond donors (Lipinski definition) is 2. The highest BCUT2D eigenvalue weighted by atomic mass is 32.1. The van der Waals surface area contributed by atoms with Gasteiger partial charge in [-0.3, -0.25) is 4.79 Å². The molecule has 2 aromatic rings. The van der Waals surface area contributed by atoms with Crippen LogP contribution in [-0.2, 0) is 5.54 Å². The van der Waals surface area contributed by atoms with Crippen molar-refractivity contribution in [2.24, 2.45) is 0 Å². The quantitative estimate of drug-likeness (QED) is 0.894. The smallest absolute Gasteiger partial charge is 0.262 e. The number of fused-ring (bicyclic) bond motifs is 2. The zero-order valence-corrected chi connectivity index (χ0v) is 12.4. The van der Waals surface area contributed by atoms with Crippen molar-refractivity contribution in [2.45, 2.75) is 37.6 Å². The summed E-state index contributed by atoms with van der Waals surface area (Å²) in [6, 6.07) is 3.94. The minimum absolute atomic E-state index is 0.0765.